The van der Waals surface area contributed by atoms with Gasteiger partial charge in [-0.05, 0) is 48.7 Å². The number of hydrogen-bond donors (Lipinski definition) is 0. The molecule has 9 heteroatoms. The van der Waals surface area contributed by atoms with Gasteiger partial charge in [0.2, 0.25) is 5.91 Å². The van der Waals surface area contributed by atoms with E-state index in [0.29, 0.717) is 50.0 Å². The molecule has 29 heavy (non-hydrogen) atoms. The van der Waals surface area contributed by atoms with Crippen molar-refractivity contribution in [3.8, 4) is 5.69 Å². The fraction of sp³-hybridized carbons (Fsp3) is 0.550. The summed E-state index contributed by atoms with van der Waals surface area (Å²) < 4.78 is 1.50. The number of piperazine rings is 1. The van der Waals surface area contributed by atoms with Crippen LogP contribution in [-0.4, -0.2) is 92.0 Å². The first kappa shape index (κ1) is 19.5. The molecule has 0 bridgehead atoms. The van der Waals surface area contributed by atoms with Gasteiger partial charge in [-0.1, -0.05) is 12.1 Å². The topological polar surface area (TPSA) is 87.5 Å². The highest BCUT2D eigenvalue weighted by atomic mass is 16.2. The monoisotopic (exact) mass is 397 g/mol. The van der Waals surface area contributed by atoms with Crippen LogP contribution in [0, 0.1) is 0 Å². The molecular weight excluding hydrogens is 370 g/mol. The summed E-state index contributed by atoms with van der Waals surface area (Å²) in [5.41, 5.74) is 1.24. The number of amides is 2. The molecule has 0 radical (unpaired) electrons. The van der Waals surface area contributed by atoms with E-state index in [1.54, 1.807) is 6.07 Å². The van der Waals surface area contributed by atoms with E-state index >= 15 is 0 Å². The van der Waals surface area contributed by atoms with Gasteiger partial charge in [-0.15, -0.1) is 5.10 Å². The van der Waals surface area contributed by atoms with Gasteiger partial charge in [-0.2, -0.15) is 4.68 Å². The number of para-hydroxylation sites is 1. The maximum atomic E-state index is 13.1. The number of nitrogens with zero attached hydrogens (tertiary/aromatic N) is 7. The highest BCUT2D eigenvalue weighted by Gasteiger charge is 2.28. The number of hydrogen-bond acceptors (Lipinski definition) is 6. The second kappa shape index (κ2) is 8.69. The number of piperidine rings is 1. The van der Waals surface area contributed by atoms with Crippen LogP contribution in [0.5, 0.6) is 0 Å². The van der Waals surface area contributed by atoms with Crippen LogP contribution in [0.15, 0.2) is 30.6 Å². The van der Waals surface area contributed by atoms with Gasteiger partial charge in [0.05, 0.1) is 17.8 Å². The third-order valence-corrected chi connectivity index (χ3v) is 5.87. The molecule has 2 aromatic rings. The summed E-state index contributed by atoms with van der Waals surface area (Å²) in [5.74, 6) is 0.174. The van der Waals surface area contributed by atoms with E-state index in [-0.39, 0.29) is 11.8 Å². The van der Waals surface area contributed by atoms with Crippen molar-refractivity contribution in [2.24, 2.45) is 0 Å². The third kappa shape index (κ3) is 4.29. The van der Waals surface area contributed by atoms with Crippen LogP contribution in [0.4, 0.5) is 0 Å². The average Bonchev–Trinajstić information content (AvgIpc) is 3.29. The van der Waals surface area contributed by atoms with Gasteiger partial charge < -0.3 is 9.80 Å². The number of aromatic nitrogens is 4. The second-order valence-electron chi connectivity index (χ2n) is 7.77. The smallest absolute Gasteiger partial charge is 0.256 e. The molecular formula is C20H27N7O2. The molecule has 0 aliphatic carbocycles. The number of rotatable bonds is 4. The van der Waals surface area contributed by atoms with Crippen molar-refractivity contribution in [1.82, 2.24) is 34.9 Å². The summed E-state index contributed by atoms with van der Waals surface area (Å²) in [4.78, 5) is 31.8. The van der Waals surface area contributed by atoms with Crippen molar-refractivity contribution < 1.29 is 9.59 Å². The van der Waals surface area contributed by atoms with Gasteiger partial charge in [-0.25, -0.2) is 0 Å². The number of benzene rings is 1. The Morgan fingerprint density at radius 1 is 1.07 bits per heavy atom. The molecule has 2 fully saturated rings. The predicted octanol–water partition coefficient (Wildman–Crippen LogP) is 0.821. The number of likely N-dealkylation sites (tertiary alicyclic amines) is 1. The van der Waals surface area contributed by atoms with E-state index in [2.05, 4.69) is 27.3 Å². The molecule has 2 saturated heterocycles. The van der Waals surface area contributed by atoms with Crippen molar-refractivity contribution in [2.75, 3.05) is 39.3 Å². The van der Waals surface area contributed by atoms with Gasteiger partial charge in [0, 0.05) is 38.8 Å². The van der Waals surface area contributed by atoms with Gasteiger partial charge in [0.1, 0.15) is 6.33 Å². The Balaban J connectivity index is 1.35. The van der Waals surface area contributed by atoms with Crippen molar-refractivity contribution in [2.45, 2.75) is 32.2 Å². The Morgan fingerprint density at radius 2 is 1.86 bits per heavy atom. The van der Waals surface area contributed by atoms with E-state index in [4.69, 9.17) is 0 Å². The van der Waals surface area contributed by atoms with Gasteiger partial charge in [-0.3, -0.25) is 14.5 Å². The Labute approximate surface area is 170 Å². The van der Waals surface area contributed by atoms with Gasteiger partial charge in [0.15, 0.2) is 0 Å². The van der Waals surface area contributed by atoms with Crippen LogP contribution in [-0.2, 0) is 4.79 Å². The van der Waals surface area contributed by atoms with Crippen LogP contribution in [0.25, 0.3) is 5.69 Å². The molecule has 1 atom stereocenters. The summed E-state index contributed by atoms with van der Waals surface area (Å²) in [5, 5.41) is 11.2. The molecule has 0 saturated carbocycles. The van der Waals surface area contributed by atoms with Crippen LogP contribution < -0.4 is 0 Å². The quantitative estimate of drug-likeness (QED) is 0.759. The maximum Gasteiger partial charge on any atom is 0.256 e. The van der Waals surface area contributed by atoms with Crippen molar-refractivity contribution >= 4 is 11.8 Å². The summed E-state index contributed by atoms with van der Waals surface area (Å²) in [6.07, 6.45) is 4.88. The summed E-state index contributed by atoms with van der Waals surface area (Å²) in [7, 11) is 0. The Morgan fingerprint density at radius 3 is 2.59 bits per heavy atom. The lowest BCUT2D eigenvalue weighted by molar-refractivity contribution is -0.136. The maximum absolute atomic E-state index is 13.1. The van der Waals surface area contributed by atoms with Gasteiger partial charge >= 0.3 is 0 Å². The lowest BCUT2D eigenvalue weighted by Gasteiger charge is -2.38. The zero-order chi connectivity index (χ0) is 20.2. The van der Waals surface area contributed by atoms with Gasteiger partial charge in [0.25, 0.3) is 5.91 Å². The lowest BCUT2D eigenvalue weighted by atomic mass is 10.0. The summed E-state index contributed by atoms with van der Waals surface area (Å²) in [6, 6.07) is 7.67. The molecule has 1 unspecified atom stereocenters. The molecule has 3 heterocycles. The zero-order valence-corrected chi connectivity index (χ0v) is 16.8. The average molecular weight is 397 g/mol. The van der Waals surface area contributed by atoms with Crippen molar-refractivity contribution in [3.05, 3.63) is 36.2 Å². The van der Waals surface area contributed by atoms with Crippen molar-refractivity contribution in [1.29, 1.82) is 0 Å². The molecule has 0 N–H and O–H groups in total. The van der Waals surface area contributed by atoms with E-state index in [0.717, 1.165) is 19.4 Å². The standard InChI is InChI=1S/C20H27N7O2/c1-16-6-4-5-9-26(16)19(28)14-24-10-12-25(13-11-24)20(29)17-7-2-3-8-18(17)27-15-21-22-23-27/h2-3,7-8,15-16H,4-6,9-14H2,1H3. The van der Waals surface area contributed by atoms with Crippen LogP contribution in [0.2, 0.25) is 0 Å². The molecule has 1 aromatic carbocycles. The fourth-order valence-electron chi connectivity index (χ4n) is 4.16. The molecule has 2 aliphatic heterocycles. The molecule has 4 rings (SSSR count). The minimum Gasteiger partial charge on any atom is -0.339 e. The number of carbonyl (C=O) groups excluding carboxylic acids is 2. The first-order chi connectivity index (χ1) is 14.1. The Bertz CT molecular complexity index is 846. The van der Waals surface area contributed by atoms with E-state index < -0.39 is 0 Å². The lowest BCUT2D eigenvalue weighted by Crippen LogP contribution is -2.53. The number of tetrazole rings is 1. The zero-order valence-electron chi connectivity index (χ0n) is 16.8. The summed E-state index contributed by atoms with van der Waals surface area (Å²) >= 11 is 0. The normalized spacial score (nSPS) is 20.7. The number of carbonyl (C=O) groups is 2. The molecule has 1 aromatic heterocycles. The van der Waals surface area contributed by atoms with E-state index in [1.807, 2.05) is 28.0 Å². The SMILES string of the molecule is CC1CCCCN1C(=O)CN1CCN(C(=O)c2ccccc2-n2cnnn2)CC1. The molecule has 2 amide bonds. The Hall–Kier alpha value is -2.81. The summed E-state index contributed by atoms with van der Waals surface area (Å²) in [6.45, 7) is 6.05. The minimum absolute atomic E-state index is 0.0354. The molecule has 154 valence electrons. The molecule has 9 nitrogen and oxygen atoms in total. The Kier molecular flexibility index (Phi) is 5.84. The second-order valence-corrected chi connectivity index (χ2v) is 7.77. The van der Waals surface area contributed by atoms with E-state index in [1.165, 1.54) is 17.4 Å². The van der Waals surface area contributed by atoms with Crippen LogP contribution in [0.3, 0.4) is 0 Å². The van der Waals surface area contributed by atoms with Crippen molar-refractivity contribution in [3.63, 3.8) is 0 Å². The molecule has 0 spiro atoms. The van der Waals surface area contributed by atoms with E-state index in [9.17, 15) is 9.59 Å². The highest BCUT2D eigenvalue weighted by molar-refractivity contribution is 5.97. The fourth-order valence-corrected chi connectivity index (χ4v) is 4.16. The largest absolute Gasteiger partial charge is 0.339 e. The highest BCUT2D eigenvalue weighted by Crippen LogP contribution is 2.18. The van der Waals surface area contributed by atoms with Crippen LogP contribution >= 0.6 is 0 Å². The molecule has 2 aliphatic rings. The first-order valence-corrected chi connectivity index (χ1v) is 10.3. The minimum atomic E-state index is -0.0354. The van der Waals surface area contributed by atoms with Crippen LogP contribution in [0.1, 0.15) is 36.5 Å². The first-order valence-electron chi connectivity index (χ1n) is 10.3. The predicted molar refractivity (Wildman–Crippen MR) is 107 cm³/mol. The third-order valence-electron chi connectivity index (χ3n) is 5.87.